The van der Waals surface area contributed by atoms with E-state index in [2.05, 4.69) is 17.2 Å². The van der Waals surface area contributed by atoms with Crippen LogP contribution in [-0.4, -0.2) is 23.2 Å². The summed E-state index contributed by atoms with van der Waals surface area (Å²) in [6.07, 6.45) is 0.864. The fourth-order valence-electron chi connectivity index (χ4n) is 1.35. The average Bonchev–Trinajstić information content (AvgIpc) is 2.36. The van der Waals surface area contributed by atoms with Gasteiger partial charge in [-0.15, -0.1) is 0 Å². The fraction of sp³-hybridized carbons (Fsp3) is 0.400. The minimum absolute atomic E-state index is 0.102. The number of rotatable bonds is 3. The van der Waals surface area contributed by atoms with E-state index in [1.165, 1.54) is 0 Å². The van der Waals surface area contributed by atoms with Crippen molar-refractivity contribution < 1.29 is 9.90 Å². The molecule has 1 aromatic carbocycles. The molecule has 3 heteroatoms. The lowest BCUT2D eigenvalue weighted by Gasteiger charge is -2.24. The summed E-state index contributed by atoms with van der Waals surface area (Å²) in [4.78, 5) is 12.0. The Balaban J connectivity index is 2.87. The van der Waals surface area contributed by atoms with Crippen LogP contribution < -0.4 is 5.32 Å². The maximum absolute atomic E-state index is 12.0. The molecule has 0 fully saturated rings. The first-order chi connectivity index (χ1) is 8.48. The number of carbonyl (C=O) groups is 1. The van der Waals surface area contributed by atoms with E-state index in [1.54, 1.807) is 18.2 Å². The van der Waals surface area contributed by atoms with Crippen LogP contribution in [0.5, 0.6) is 0 Å². The molecule has 3 nitrogen and oxygen atoms in total. The predicted octanol–water partition coefficient (Wildman–Crippen LogP) is 1.95. The minimum atomic E-state index is -0.218. The zero-order valence-electron chi connectivity index (χ0n) is 11.1. The van der Waals surface area contributed by atoms with Gasteiger partial charge in [0.1, 0.15) is 6.61 Å². The molecule has 0 aliphatic heterocycles. The van der Waals surface area contributed by atoms with Crippen LogP contribution in [0.3, 0.4) is 0 Å². The molecule has 0 aromatic heterocycles. The third-order valence-corrected chi connectivity index (χ3v) is 2.77. The van der Waals surface area contributed by atoms with Gasteiger partial charge in [0.15, 0.2) is 0 Å². The Hall–Kier alpha value is -1.79. The summed E-state index contributed by atoms with van der Waals surface area (Å²) in [5.74, 6) is 5.25. The van der Waals surface area contributed by atoms with Gasteiger partial charge >= 0.3 is 0 Å². The van der Waals surface area contributed by atoms with Gasteiger partial charge < -0.3 is 10.4 Å². The van der Waals surface area contributed by atoms with Crippen LogP contribution >= 0.6 is 0 Å². The normalized spacial score (nSPS) is 10.4. The average molecular weight is 245 g/mol. The Kier molecular flexibility index (Phi) is 4.94. The molecule has 0 heterocycles. The largest absolute Gasteiger partial charge is 0.384 e. The molecule has 0 atom stereocenters. The lowest BCUT2D eigenvalue weighted by atomic mass is 10.0. The third-order valence-electron chi connectivity index (χ3n) is 2.77. The summed E-state index contributed by atoms with van der Waals surface area (Å²) in [5.41, 5.74) is 1.09. The van der Waals surface area contributed by atoms with Crippen LogP contribution in [0.2, 0.25) is 0 Å². The highest BCUT2D eigenvalue weighted by Crippen LogP contribution is 2.10. The van der Waals surface area contributed by atoms with E-state index in [0.717, 1.165) is 12.0 Å². The van der Waals surface area contributed by atoms with Gasteiger partial charge in [0.25, 0.3) is 5.91 Å². The molecule has 2 N–H and O–H groups in total. The molecule has 18 heavy (non-hydrogen) atoms. The minimum Gasteiger partial charge on any atom is -0.384 e. The van der Waals surface area contributed by atoms with Crippen LogP contribution in [0, 0.1) is 11.8 Å². The van der Waals surface area contributed by atoms with Crippen molar-refractivity contribution in [2.45, 2.75) is 32.7 Å². The second-order valence-electron chi connectivity index (χ2n) is 4.73. The summed E-state index contributed by atoms with van der Waals surface area (Å²) in [6, 6.07) is 7.08. The molecule has 0 saturated carbocycles. The van der Waals surface area contributed by atoms with E-state index in [4.69, 9.17) is 5.11 Å². The Morgan fingerprint density at radius 1 is 1.44 bits per heavy atom. The molecular weight excluding hydrogens is 226 g/mol. The van der Waals surface area contributed by atoms with E-state index in [9.17, 15) is 4.79 Å². The van der Waals surface area contributed by atoms with Gasteiger partial charge in [-0.2, -0.15) is 0 Å². The van der Waals surface area contributed by atoms with Gasteiger partial charge in [-0.3, -0.25) is 4.79 Å². The van der Waals surface area contributed by atoms with Gasteiger partial charge in [0.2, 0.25) is 0 Å². The number of aliphatic hydroxyl groups is 1. The van der Waals surface area contributed by atoms with Gasteiger partial charge in [-0.05, 0) is 38.5 Å². The number of nitrogens with one attached hydrogen (secondary N) is 1. The Bertz CT molecular complexity index is 481. The first-order valence-electron chi connectivity index (χ1n) is 6.01. The Morgan fingerprint density at radius 2 is 2.17 bits per heavy atom. The summed E-state index contributed by atoms with van der Waals surface area (Å²) in [5, 5.41) is 11.6. The zero-order valence-corrected chi connectivity index (χ0v) is 11.1. The first-order valence-corrected chi connectivity index (χ1v) is 6.01. The maximum atomic E-state index is 12.0. The molecule has 1 aromatic rings. The standard InChI is InChI=1S/C15H19NO2/c1-4-15(2,3)16-14(18)13-9-5-7-12(11-13)8-6-10-17/h5,7,9,11,17H,4,10H2,1-3H3,(H,16,18). The first kappa shape index (κ1) is 14.3. The van der Waals surface area contributed by atoms with Gasteiger partial charge in [-0.25, -0.2) is 0 Å². The Morgan fingerprint density at radius 3 is 2.78 bits per heavy atom. The molecule has 0 spiro atoms. The van der Waals surface area contributed by atoms with Gasteiger partial charge in [0, 0.05) is 16.7 Å². The smallest absolute Gasteiger partial charge is 0.251 e. The van der Waals surface area contributed by atoms with Crippen molar-refractivity contribution in [3.05, 3.63) is 35.4 Å². The summed E-state index contributed by atoms with van der Waals surface area (Å²) in [6.45, 7) is 5.82. The van der Waals surface area contributed by atoms with E-state index in [-0.39, 0.29) is 18.1 Å². The number of hydrogen-bond acceptors (Lipinski definition) is 2. The molecule has 1 amide bonds. The summed E-state index contributed by atoms with van der Waals surface area (Å²) in [7, 11) is 0. The van der Waals surface area contributed by atoms with E-state index >= 15 is 0 Å². The molecule has 0 saturated heterocycles. The molecule has 0 bridgehead atoms. The molecule has 0 aliphatic carbocycles. The van der Waals surface area contributed by atoms with Crippen molar-refractivity contribution in [2.75, 3.05) is 6.61 Å². The van der Waals surface area contributed by atoms with Crippen LogP contribution in [-0.2, 0) is 0 Å². The Labute approximate surface area is 108 Å². The number of amides is 1. The van der Waals surface area contributed by atoms with Crippen molar-refractivity contribution in [1.82, 2.24) is 5.32 Å². The van der Waals surface area contributed by atoms with Crippen molar-refractivity contribution in [2.24, 2.45) is 0 Å². The van der Waals surface area contributed by atoms with Crippen LogP contribution in [0.15, 0.2) is 24.3 Å². The van der Waals surface area contributed by atoms with Crippen LogP contribution in [0.4, 0.5) is 0 Å². The topological polar surface area (TPSA) is 49.3 Å². The molecule has 0 radical (unpaired) electrons. The highest BCUT2D eigenvalue weighted by atomic mass is 16.2. The van der Waals surface area contributed by atoms with Crippen molar-refractivity contribution in [3.8, 4) is 11.8 Å². The number of carbonyl (C=O) groups excluding carboxylic acids is 1. The molecule has 0 aliphatic rings. The lowest BCUT2D eigenvalue weighted by molar-refractivity contribution is 0.0911. The number of benzene rings is 1. The third kappa shape index (κ3) is 4.23. The van der Waals surface area contributed by atoms with Crippen molar-refractivity contribution in [3.63, 3.8) is 0 Å². The second kappa shape index (κ2) is 6.23. The van der Waals surface area contributed by atoms with Crippen molar-refractivity contribution >= 4 is 5.91 Å². The van der Waals surface area contributed by atoms with E-state index in [1.807, 2.05) is 26.8 Å². The fourth-order valence-corrected chi connectivity index (χ4v) is 1.35. The summed E-state index contributed by atoms with van der Waals surface area (Å²) < 4.78 is 0. The summed E-state index contributed by atoms with van der Waals surface area (Å²) >= 11 is 0. The van der Waals surface area contributed by atoms with Gasteiger partial charge in [-0.1, -0.05) is 24.8 Å². The quantitative estimate of drug-likeness (QED) is 0.800. The van der Waals surface area contributed by atoms with Gasteiger partial charge in [0.05, 0.1) is 0 Å². The molecule has 0 unspecified atom stereocenters. The highest BCUT2D eigenvalue weighted by molar-refractivity contribution is 5.95. The van der Waals surface area contributed by atoms with Crippen LogP contribution in [0.25, 0.3) is 0 Å². The maximum Gasteiger partial charge on any atom is 0.251 e. The van der Waals surface area contributed by atoms with E-state index < -0.39 is 0 Å². The monoisotopic (exact) mass is 245 g/mol. The van der Waals surface area contributed by atoms with E-state index in [0.29, 0.717) is 5.56 Å². The molecule has 96 valence electrons. The second-order valence-corrected chi connectivity index (χ2v) is 4.73. The number of aliphatic hydroxyl groups excluding tert-OH is 1. The molecule has 1 rings (SSSR count). The lowest BCUT2D eigenvalue weighted by Crippen LogP contribution is -2.42. The van der Waals surface area contributed by atoms with Crippen LogP contribution in [0.1, 0.15) is 43.1 Å². The predicted molar refractivity (Wildman–Crippen MR) is 72.2 cm³/mol. The SMILES string of the molecule is CCC(C)(C)NC(=O)c1cccc(C#CCO)c1. The van der Waals surface area contributed by atoms with Crippen molar-refractivity contribution in [1.29, 1.82) is 0 Å². The zero-order chi connectivity index (χ0) is 13.6. The number of hydrogen-bond donors (Lipinski definition) is 2. The highest BCUT2D eigenvalue weighted by Gasteiger charge is 2.18. The molecular formula is C15H19NO2.